The molecule has 7 nitrogen and oxygen atoms in total. The Kier molecular flexibility index (Phi) is 7.65. The van der Waals surface area contributed by atoms with Crippen molar-refractivity contribution in [2.45, 2.75) is 83.2 Å². The zero-order valence-electron chi connectivity index (χ0n) is 15.1. The van der Waals surface area contributed by atoms with Crippen LogP contribution in [0.4, 0.5) is 0 Å². The van der Waals surface area contributed by atoms with E-state index < -0.39 is 6.04 Å². The van der Waals surface area contributed by atoms with Gasteiger partial charge in [0.05, 0.1) is 6.61 Å². The van der Waals surface area contributed by atoms with Gasteiger partial charge in [-0.25, -0.2) is 0 Å². The van der Waals surface area contributed by atoms with E-state index in [1.807, 2.05) is 6.92 Å². The largest absolute Gasteiger partial charge is 0.466 e. The van der Waals surface area contributed by atoms with Gasteiger partial charge < -0.3 is 10.1 Å². The molecule has 2 aliphatic rings. The van der Waals surface area contributed by atoms with Gasteiger partial charge in [-0.2, -0.15) is 0 Å². The van der Waals surface area contributed by atoms with Crippen LogP contribution in [0.5, 0.6) is 0 Å². The van der Waals surface area contributed by atoms with E-state index in [1.54, 1.807) is 0 Å². The Morgan fingerprint density at radius 2 is 1.88 bits per heavy atom. The molecule has 25 heavy (non-hydrogen) atoms. The highest BCUT2D eigenvalue weighted by atomic mass is 16.6. The number of nitrogens with zero attached hydrogens (tertiary/aromatic N) is 1. The van der Waals surface area contributed by atoms with E-state index in [2.05, 4.69) is 5.32 Å². The maximum absolute atomic E-state index is 12.4. The van der Waals surface area contributed by atoms with Crippen molar-refractivity contribution < 1.29 is 19.2 Å². The molecule has 0 spiro atoms. The molecular formula is C18H30N2O5. The summed E-state index contributed by atoms with van der Waals surface area (Å²) in [6, 6.07) is -0.398. The summed E-state index contributed by atoms with van der Waals surface area (Å²) in [6.45, 7) is 2.24. The SMILES string of the molecule is CCOC(=O)CCC1CCC(NC(=O)C2CCCC([N+](=O)[O-])C2)CC1. The molecule has 0 aromatic rings. The second-order valence-electron chi connectivity index (χ2n) is 7.37. The molecular weight excluding hydrogens is 324 g/mol. The third kappa shape index (κ3) is 6.29. The topological polar surface area (TPSA) is 98.5 Å². The zero-order chi connectivity index (χ0) is 18.2. The highest BCUT2D eigenvalue weighted by Gasteiger charge is 2.34. The van der Waals surface area contributed by atoms with E-state index in [1.165, 1.54) is 0 Å². The number of esters is 1. The maximum atomic E-state index is 12.4. The van der Waals surface area contributed by atoms with Crippen LogP contribution in [0.25, 0.3) is 0 Å². The number of ether oxygens (including phenoxy) is 1. The molecule has 0 heterocycles. The molecule has 2 saturated carbocycles. The van der Waals surface area contributed by atoms with E-state index >= 15 is 0 Å². The van der Waals surface area contributed by atoms with Gasteiger partial charge in [0.1, 0.15) is 0 Å². The number of rotatable bonds is 7. The Hall–Kier alpha value is -1.66. The third-order valence-electron chi connectivity index (χ3n) is 5.57. The lowest BCUT2D eigenvalue weighted by atomic mass is 9.82. The quantitative estimate of drug-likeness (QED) is 0.430. The molecule has 2 aliphatic carbocycles. The van der Waals surface area contributed by atoms with Gasteiger partial charge in [-0.1, -0.05) is 0 Å². The molecule has 0 saturated heterocycles. The van der Waals surface area contributed by atoms with Crippen molar-refractivity contribution in [3.8, 4) is 0 Å². The first-order valence-corrected chi connectivity index (χ1v) is 9.59. The monoisotopic (exact) mass is 354 g/mol. The second-order valence-corrected chi connectivity index (χ2v) is 7.37. The van der Waals surface area contributed by atoms with Crippen LogP contribution in [0.2, 0.25) is 0 Å². The minimum absolute atomic E-state index is 0.0125. The average Bonchev–Trinajstić information content (AvgIpc) is 2.61. The van der Waals surface area contributed by atoms with Crippen molar-refractivity contribution in [3.63, 3.8) is 0 Å². The fraction of sp³-hybridized carbons (Fsp3) is 0.889. The van der Waals surface area contributed by atoms with E-state index in [0.717, 1.165) is 44.9 Å². The summed E-state index contributed by atoms with van der Waals surface area (Å²) in [4.78, 5) is 34.5. The van der Waals surface area contributed by atoms with E-state index in [-0.39, 0.29) is 28.8 Å². The number of carbonyl (C=O) groups is 2. The lowest BCUT2D eigenvalue weighted by Crippen LogP contribution is -2.43. The summed E-state index contributed by atoms with van der Waals surface area (Å²) in [5.74, 6) is 0.161. The van der Waals surface area contributed by atoms with E-state index in [9.17, 15) is 19.7 Å². The number of amides is 1. The average molecular weight is 354 g/mol. The van der Waals surface area contributed by atoms with Gasteiger partial charge in [-0.3, -0.25) is 19.7 Å². The first-order valence-electron chi connectivity index (χ1n) is 9.59. The van der Waals surface area contributed by atoms with Crippen LogP contribution >= 0.6 is 0 Å². The van der Waals surface area contributed by atoms with Gasteiger partial charge in [0.15, 0.2) is 0 Å². The summed E-state index contributed by atoms with van der Waals surface area (Å²) in [7, 11) is 0. The Labute approximate surface area is 149 Å². The molecule has 1 amide bonds. The molecule has 2 rings (SSSR count). The second kappa shape index (κ2) is 9.73. The predicted molar refractivity (Wildman–Crippen MR) is 92.5 cm³/mol. The molecule has 1 N–H and O–H groups in total. The molecule has 0 aromatic carbocycles. The molecule has 0 radical (unpaired) electrons. The number of hydrogen-bond acceptors (Lipinski definition) is 5. The first-order chi connectivity index (χ1) is 12.0. The summed E-state index contributed by atoms with van der Waals surface area (Å²) in [5, 5.41) is 14.0. The fourth-order valence-corrected chi connectivity index (χ4v) is 4.06. The molecule has 0 aliphatic heterocycles. The highest BCUT2D eigenvalue weighted by Crippen LogP contribution is 2.30. The first kappa shape index (κ1) is 19.7. The maximum Gasteiger partial charge on any atom is 0.305 e. The van der Waals surface area contributed by atoms with Crippen molar-refractivity contribution in [1.82, 2.24) is 5.32 Å². The van der Waals surface area contributed by atoms with Crippen molar-refractivity contribution in [1.29, 1.82) is 0 Å². The fourth-order valence-electron chi connectivity index (χ4n) is 4.06. The van der Waals surface area contributed by atoms with Gasteiger partial charge in [0, 0.05) is 36.1 Å². The molecule has 2 unspecified atom stereocenters. The lowest BCUT2D eigenvalue weighted by molar-refractivity contribution is -0.527. The Morgan fingerprint density at radius 1 is 1.16 bits per heavy atom. The van der Waals surface area contributed by atoms with Gasteiger partial charge in [0.2, 0.25) is 11.9 Å². The van der Waals surface area contributed by atoms with Gasteiger partial charge >= 0.3 is 5.97 Å². The van der Waals surface area contributed by atoms with Crippen LogP contribution in [0.1, 0.15) is 71.1 Å². The molecule has 0 aromatic heterocycles. The number of nitro groups is 1. The molecule has 0 bridgehead atoms. The van der Waals surface area contributed by atoms with Crippen molar-refractivity contribution in [3.05, 3.63) is 10.1 Å². The Morgan fingerprint density at radius 3 is 2.52 bits per heavy atom. The van der Waals surface area contributed by atoms with Gasteiger partial charge in [-0.05, 0) is 57.8 Å². The van der Waals surface area contributed by atoms with E-state index in [4.69, 9.17) is 4.74 Å². The van der Waals surface area contributed by atoms with Crippen LogP contribution in [-0.4, -0.2) is 35.5 Å². The van der Waals surface area contributed by atoms with Crippen LogP contribution in [0.3, 0.4) is 0 Å². The van der Waals surface area contributed by atoms with E-state index in [0.29, 0.717) is 31.8 Å². The number of carbonyl (C=O) groups excluding carboxylic acids is 2. The standard InChI is InChI=1S/C18H30N2O5/c1-2-25-17(21)11-8-13-6-9-15(10-7-13)19-18(22)14-4-3-5-16(12-14)20(23)24/h13-16H,2-12H2,1H3,(H,19,22). The predicted octanol–water partition coefficient (Wildman–Crippen LogP) is 2.84. The van der Waals surface area contributed by atoms with Crippen LogP contribution < -0.4 is 5.32 Å². The smallest absolute Gasteiger partial charge is 0.305 e. The summed E-state index contributed by atoms with van der Waals surface area (Å²) >= 11 is 0. The van der Waals surface area contributed by atoms with Gasteiger partial charge in [-0.15, -0.1) is 0 Å². The van der Waals surface area contributed by atoms with Crippen molar-refractivity contribution in [2.24, 2.45) is 11.8 Å². The number of hydrogen-bond donors (Lipinski definition) is 1. The zero-order valence-corrected chi connectivity index (χ0v) is 15.1. The minimum atomic E-state index is -0.567. The summed E-state index contributed by atoms with van der Waals surface area (Å²) < 4.78 is 4.96. The van der Waals surface area contributed by atoms with Gasteiger partial charge in [0.25, 0.3) is 0 Å². The number of nitrogens with one attached hydrogen (secondary N) is 1. The van der Waals surface area contributed by atoms with Crippen molar-refractivity contribution >= 4 is 11.9 Å². The van der Waals surface area contributed by atoms with Crippen molar-refractivity contribution in [2.75, 3.05) is 6.61 Å². The molecule has 2 fully saturated rings. The molecule has 2 atom stereocenters. The van der Waals surface area contributed by atoms with Crippen LogP contribution in [-0.2, 0) is 14.3 Å². The Balaban J connectivity index is 1.68. The summed E-state index contributed by atoms with van der Waals surface area (Å²) in [6.07, 6.45) is 7.65. The third-order valence-corrected chi connectivity index (χ3v) is 5.57. The lowest BCUT2D eigenvalue weighted by Gasteiger charge is -2.31. The summed E-state index contributed by atoms with van der Waals surface area (Å²) in [5.41, 5.74) is 0. The normalized spacial score (nSPS) is 29.6. The van der Waals surface area contributed by atoms with Crippen LogP contribution in [0.15, 0.2) is 0 Å². The molecule has 7 heteroatoms. The minimum Gasteiger partial charge on any atom is -0.466 e. The molecule has 142 valence electrons. The van der Waals surface area contributed by atoms with Crippen LogP contribution in [0, 0.1) is 22.0 Å². The highest BCUT2D eigenvalue weighted by molar-refractivity contribution is 5.79. The Bertz CT molecular complexity index is 474.